The Morgan fingerprint density at radius 1 is 1.42 bits per heavy atom. The highest BCUT2D eigenvalue weighted by atomic mass is 32.2. The van der Waals surface area contributed by atoms with Crippen molar-refractivity contribution < 1.29 is 5.11 Å². The van der Waals surface area contributed by atoms with Gasteiger partial charge in [-0.1, -0.05) is 13.0 Å². The van der Waals surface area contributed by atoms with Gasteiger partial charge in [-0.15, -0.1) is 11.8 Å². The van der Waals surface area contributed by atoms with E-state index >= 15 is 0 Å². The van der Waals surface area contributed by atoms with E-state index in [0.717, 1.165) is 36.3 Å². The number of aliphatic hydroxyl groups excluding tert-OH is 1. The van der Waals surface area contributed by atoms with Crippen LogP contribution in [0.2, 0.25) is 0 Å². The molecule has 1 N–H and O–H groups in total. The smallest absolute Gasteiger partial charge is 0.0960 e. The third-order valence-electron chi connectivity index (χ3n) is 3.65. The summed E-state index contributed by atoms with van der Waals surface area (Å²) in [4.78, 5) is 6.73. The quantitative estimate of drug-likeness (QED) is 0.841. The lowest BCUT2D eigenvalue weighted by Gasteiger charge is -2.31. The second kappa shape index (κ2) is 7.27. The van der Waals surface area contributed by atoms with E-state index in [0.29, 0.717) is 0 Å². The van der Waals surface area contributed by atoms with Crippen molar-refractivity contribution in [1.29, 1.82) is 0 Å². The van der Waals surface area contributed by atoms with E-state index in [1.807, 2.05) is 19.2 Å². The van der Waals surface area contributed by atoms with Crippen LogP contribution in [0.25, 0.3) is 0 Å². The average molecular weight is 280 g/mol. The number of hydrogen-bond donors (Lipinski definition) is 1. The monoisotopic (exact) mass is 280 g/mol. The number of hydrogen-bond acceptors (Lipinski definition) is 4. The molecule has 1 atom stereocenters. The lowest BCUT2D eigenvalue weighted by Crippen LogP contribution is -2.39. The Kier molecular flexibility index (Phi) is 5.67. The first-order valence-electron chi connectivity index (χ1n) is 7.09. The zero-order chi connectivity index (χ0) is 13.7. The molecule has 0 amide bonds. The summed E-state index contributed by atoms with van der Waals surface area (Å²) in [5, 5.41) is 11.1. The minimum absolute atomic E-state index is 0.262. The molecule has 4 heteroatoms. The van der Waals surface area contributed by atoms with Gasteiger partial charge in [-0.05, 0) is 50.4 Å². The molecule has 0 radical (unpaired) electrons. The molecule has 106 valence electrons. The van der Waals surface area contributed by atoms with Crippen molar-refractivity contribution >= 4 is 11.8 Å². The largest absolute Gasteiger partial charge is 0.391 e. The molecule has 1 fully saturated rings. The van der Waals surface area contributed by atoms with Gasteiger partial charge in [0.05, 0.1) is 11.1 Å². The Labute approximate surface area is 120 Å². The maximum Gasteiger partial charge on any atom is 0.0960 e. The second-order valence-corrected chi connectivity index (χ2v) is 6.66. The zero-order valence-electron chi connectivity index (χ0n) is 11.9. The van der Waals surface area contributed by atoms with Crippen molar-refractivity contribution in [1.82, 2.24) is 9.88 Å². The maximum absolute atomic E-state index is 10.1. The van der Waals surface area contributed by atoms with Gasteiger partial charge >= 0.3 is 0 Å². The summed E-state index contributed by atoms with van der Waals surface area (Å²) in [6.07, 6.45) is 4.14. The van der Waals surface area contributed by atoms with E-state index in [4.69, 9.17) is 0 Å². The highest BCUT2D eigenvalue weighted by Gasteiger charge is 2.18. The minimum atomic E-state index is -0.262. The first kappa shape index (κ1) is 14.8. The molecule has 1 saturated heterocycles. The van der Waals surface area contributed by atoms with Crippen molar-refractivity contribution in [3.63, 3.8) is 0 Å². The lowest BCUT2D eigenvalue weighted by molar-refractivity contribution is 0.105. The Bertz CT molecular complexity index is 374. The van der Waals surface area contributed by atoms with E-state index in [1.165, 1.54) is 18.4 Å². The number of aliphatic hydroxyl groups is 1. The maximum atomic E-state index is 10.1. The van der Waals surface area contributed by atoms with Crippen LogP contribution in [-0.4, -0.2) is 46.5 Å². The predicted octanol–water partition coefficient (Wildman–Crippen LogP) is 2.57. The third-order valence-corrected chi connectivity index (χ3v) is 4.74. The average Bonchev–Trinajstić information content (AvgIpc) is 2.41. The fourth-order valence-corrected chi connectivity index (χ4v) is 3.08. The van der Waals surface area contributed by atoms with E-state index < -0.39 is 0 Å². The molecule has 19 heavy (non-hydrogen) atoms. The molecular weight excluding hydrogens is 256 g/mol. The Morgan fingerprint density at radius 2 is 2.16 bits per heavy atom. The number of aryl methyl sites for hydroxylation is 1. The number of nitrogens with zero attached hydrogens (tertiary/aromatic N) is 2. The summed E-state index contributed by atoms with van der Waals surface area (Å²) >= 11 is 1.64. The fraction of sp³-hybridized carbons (Fsp3) is 0.667. The molecule has 1 aliphatic heterocycles. The van der Waals surface area contributed by atoms with Crippen LogP contribution in [0.4, 0.5) is 0 Å². The summed E-state index contributed by atoms with van der Waals surface area (Å²) in [5.74, 6) is 1.57. The molecule has 1 aromatic rings. The number of pyridine rings is 1. The summed E-state index contributed by atoms with van der Waals surface area (Å²) in [6, 6.07) is 4.09. The van der Waals surface area contributed by atoms with E-state index in [1.54, 1.807) is 11.8 Å². The Balaban J connectivity index is 1.69. The summed E-state index contributed by atoms with van der Waals surface area (Å²) < 4.78 is 0. The van der Waals surface area contributed by atoms with Gasteiger partial charge in [0.25, 0.3) is 0 Å². The Morgan fingerprint density at radius 3 is 2.79 bits per heavy atom. The topological polar surface area (TPSA) is 36.4 Å². The number of β-amino-alcohol motifs (C(OH)–C–C–N with tert-alkyl or cyclic N) is 1. The summed E-state index contributed by atoms with van der Waals surface area (Å²) in [6.45, 7) is 7.41. The molecule has 0 saturated carbocycles. The predicted molar refractivity (Wildman–Crippen MR) is 80.5 cm³/mol. The van der Waals surface area contributed by atoms with Crippen LogP contribution in [0.3, 0.4) is 0 Å². The van der Waals surface area contributed by atoms with Gasteiger partial charge in [0.1, 0.15) is 0 Å². The number of likely N-dealkylation sites (tertiary alicyclic amines) is 1. The number of piperidine rings is 1. The Hall–Kier alpha value is -0.580. The van der Waals surface area contributed by atoms with Crippen LogP contribution in [-0.2, 0) is 0 Å². The molecule has 2 rings (SSSR count). The number of rotatable bonds is 5. The molecule has 1 unspecified atom stereocenters. The molecule has 0 bridgehead atoms. The molecule has 0 aliphatic carbocycles. The number of thioether (sulfide) groups is 1. The van der Waals surface area contributed by atoms with Crippen LogP contribution >= 0.6 is 11.8 Å². The molecule has 2 heterocycles. The minimum Gasteiger partial charge on any atom is -0.391 e. The van der Waals surface area contributed by atoms with Crippen molar-refractivity contribution in [3.8, 4) is 0 Å². The van der Waals surface area contributed by atoms with E-state index in [9.17, 15) is 5.11 Å². The molecule has 1 aliphatic rings. The molecular formula is C15H24N2OS. The first-order valence-corrected chi connectivity index (χ1v) is 8.08. The normalized spacial score (nSPS) is 19.5. The molecule has 1 aromatic heterocycles. The fourth-order valence-electron chi connectivity index (χ4n) is 2.32. The van der Waals surface area contributed by atoms with Gasteiger partial charge in [-0.2, -0.15) is 0 Å². The van der Waals surface area contributed by atoms with Crippen LogP contribution in [0.5, 0.6) is 0 Å². The van der Waals surface area contributed by atoms with E-state index in [-0.39, 0.29) is 6.10 Å². The van der Waals surface area contributed by atoms with Crippen LogP contribution in [0.15, 0.2) is 23.4 Å². The van der Waals surface area contributed by atoms with E-state index in [2.05, 4.69) is 22.9 Å². The van der Waals surface area contributed by atoms with Crippen LogP contribution in [0, 0.1) is 12.8 Å². The summed E-state index contributed by atoms with van der Waals surface area (Å²) in [5.41, 5.74) is 1.17. The summed E-state index contributed by atoms with van der Waals surface area (Å²) in [7, 11) is 0. The standard InChI is InChI=1S/C15H24N2OS/c1-12-5-7-17(8-6-12)10-14(18)11-19-15-4-3-13(2)9-16-15/h3-4,9,12,14,18H,5-8,10-11H2,1-2H3. The van der Waals surface area contributed by atoms with Gasteiger partial charge in [0, 0.05) is 18.5 Å². The van der Waals surface area contributed by atoms with Crippen LogP contribution < -0.4 is 0 Å². The lowest BCUT2D eigenvalue weighted by atomic mass is 9.99. The van der Waals surface area contributed by atoms with Gasteiger partial charge < -0.3 is 10.0 Å². The molecule has 3 nitrogen and oxygen atoms in total. The van der Waals surface area contributed by atoms with Gasteiger partial charge in [0.2, 0.25) is 0 Å². The van der Waals surface area contributed by atoms with Gasteiger partial charge in [-0.3, -0.25) is 0 Å². The second-order valence-electron chi connectivity index (χ2n) is 5.62. The first-order chi connectivity index (χ1) is 9.13. The molecule has 0 aromatic carbocycles. The van der Waals surface area contributed by atoms with Crippen molar-refractivity contribution in [2.45, 2.75) is 37.8 Å². The third kappa shape index (κ3) is 5.13. The van der Waals surface area contributed by atoms with Gasteiger partial charge in [0.15, 0.2) is 0 Å². The van der Waals surface area contributed by atoms with Crippen molar-refractivity contribution in [3.05, 3.63) is 23.9 Å². The SMILES string of the molecule is Cc1ccc(SCC(O)CN2CCC(C)CC2)nc1. The zero-order valence-corrected chi connectivity index (χ0v) is 12.7. The number of aromatic nitrogens is 1. The molecule has 0 spiro atoms. The van der Waals surface area contributed by atoms with Crippen molar-refractivity contribution in [2.75, 3.05) is 25.4 Å². The van der Waals surface area contributed by atoms with Gasteiger partial charge in [-0.25, -0.2) is 4.98 Å². The highest BCUT2D eigenvalue weighted by molar-refractivity contribution is 7.99. The van der Waals surface area contributed by atoms with Crippen molar-refractivity contribution in [2.24, 2.45) is 5.92 Å². The van der Waals surface area contributed by atoms with Crippen LogP contribution in [0.1, 0.15) is 25.3 Å². The highest BCUT2D eigenvalue weighted by Crippen LogP contribution is 2.19.